The van der Waals surface area contributed by atoms with Crippen LogP contribution in [0, 0.1) is 5.41 Å². The summed E-state index contributed by atoms with van der Waals surface area (Å²) < 4.78 is 0. The number of carboxylic acid groups (broad SMARTS) is 1. The van der Waals surface area contributed by atoms with Crippen molar-refractivity contribution in [3.63, 3.8) is 0 Å². The summed E-state index contributed by atoms with van der Waals surface area (Å²) in [4.78, 5) is 41.1. The molecule has 0 aliphatic heterocycles. The zero-order chi connectivity index (χ0) is 24.3. The summed E-state index contributed by atoms with van der Waals surface area (Å²) in [5, 5.41) is 15.2. The van der Waals surface area contributed by atoms with E-state index < -0.39 is 17.4 Å². The molecular weight excluding hydrogens is 454 g/mol. The molecule has 0 unspecified atom stereocenters. The van der Waals surface area contributed by atoms with Crippen molar-refractivity contribution < 1.29 is 19.5 Å². The predicted octanol–water partition coefficient (Wildman–Crippen LogP) is 6.05. The molecule has 8 heteroatoms. The number of pyridine rings is 1. The lowest BCUT2D eigenvalue weighted by Gasteiger charge is -2.34. The van der Waals surface area contributed by atoms with E-state index in [0.29, 0.717) is 46.9 Å². The Labute approximate surface area is 202 Å². The minimum atomic E-state index is -0.950. The van der Waals surface area contributed by atoms with Crippen LogP contribution >= 0.6 is 11.6 Å². The molecule has 3 aromatic rings. The van der Waals surface area contributed by atoms with E-state index in [-0.39, 0.29) is 12.2 Å². The first kappa shape index (κ1) is 23.4. The molecule has 0 bridgehead atoms. The predicted molar refractivity (Wildman–Crippen MR) is 131 cm³/mol. The Morgan fingerprint density at radius 1 is 1.09 bits per heavy atom. The molecule has 1 aromatic heterocycles. The number of carbonyl (C=O) groups excluding carboxylic acids is 2. The number of benzene rings is 2. The molecule has 0 fully saturated rings. The number of Topliss-reactive ketones (excluding diaryl/α,β-unsaturated/α-hetero) is 1. The lowest BCUT2D eigenvalue weighted by atomic mass is 9.67. The summed E-state index contributed by atoms with van der Waals surface area (Å²) in [5.41, 5.74) is 3.32. The van der Waals surface area contributed by atoms with E-state index in [1.54, 1.807) is 48.7 Å². The van der Waals surface area contributed by atoms with Crippen LogP contribution in [0.3, 0.4) is 0 Å². The summed E-state index contributed by atoms with van der Waals surface area (Å²) >= 11 is 5.93. The highest BCUT2D eigenvalue weighted by atomic mass is 35.5. The first-order valence-corrected chi connectivity index (χ1v) is 11.4. The number of nitrogens with one attached hydrogen (secondary N) is 2. The number of urea groups is 1. The minimum absolute atomic E-state index is 0.0941. The number of anilines is 2. The average molecular weight is 478 g/mol. The van der Waals surface area contributed by atoms with E-state index in [4.69, 9.17) is 11.6 Å². The third-order valence-electron chi connectivity index (χ3n) is 6.27. The monoisotopic (exact) mass is 477 g/mol. The van der Waals surface area contributed by atoms with Gasteiger partial charge < -0.3 is 15.7 Å². The van der Waals surface area contributed by atoms with Crippen molar-refractivity contribution >= 4 is 40.8 Å². The first-order chi connectivity index (χ1) is 16.3. The number of rotatable bonds is 6. The van der Waals surface area contributed by atoms with Gasteiger partial charge in [-0.25, -0.2) is 4.79 Å². The van der Waals surface area contributed by atoms with E-state index in [1.807, 2.05) is 19.1 Å². The molecule has 1 atom stereocenters. The van der Waals surface area contributed by atoms with Crippen LogP contribution in [0.2, 0.25) is 5.02 Å². The Hall–Kier alpha value is -3.71. The molecule has 1 heterocycles. The van der Waals surface area contributed by atoms with E-state index in [1.165, 1.54) is 0 Å². The fourth-order valence-corrected chi connectivity index (χ4v) is 4.56. The number of nitrogens with zero attached hydrogens (tertiary/aromatic N) is 1. The summed E-state index contributed by atoms with van der Waals surface area (Å²) in [6, 6.07) is 15.5. The quantitative estimate of drug-likeness (QED) is 0.400. The molecular formula is C26H24ClN3O4. The van der Waals surface area contributed by atoms with E-state index in [0.717, 1.165) is 11.1 Å². The van der Waals surface area contributed by atoms with Crippen LogP contribution in [-0.4, -0.2) is 27.9 Å². The average Bonchev–Trinajstić information content (AvgIpc) is 2.81. The number of carbonyl (C=O) groups is 3. The second-order valence-corrected chi connectivity index (χ2v) is 8.86. The molecule has 0 radical (unpaired) electrons. The number of hydrogen-bond acceptors (Lipinski definition) is 4. The van der Waals surface area contributed by atoms with Gasteiger partial charge in [0, 0.05) is 27.3 Å². The SMILES string of the molecule is CC[C@@]1(CC(=O)O)CCc2cc(-c3ccc(NC(=O)Nc4cccc(Cl)c4)cn3)ccc2C1=O. The third-order valence-corrected chi connectivity index (χ3v) is 6.51. The summed E-state index contributed by atoms with van der Waals surface area (Å²) in [6.45, 7) is 1.87. The summed E-state index contributed by atoms with van der Waals surface area (Å²) in [5.74, 6) is -1.04. The summed E-state index contributed by atoms with van der Waals surface area (Å²) in [7, 11) is 0. The van der Waals surface area contributed by atoms with Crippen molar-refractivity contribution in [2.45, 2.75) is 32.6 Å². The third kappa shape index (κ3) is 4.94. The van der Waals surface area contributed by atoms with Gasteiger partial charge in [0.1, 0.15) is 0 Å². The topological polar surface area (TPSA) is 108 Å². The molecule has 4 rings (SSSR count). The van der Waals surface area contributed by atoms with Gasteiger partial charge in [-0.15, -0.1) is 0 Å². The maximum absolute atomic E-state index is 13.1. The Kier molecular flexibility index (Phi) is 6.65. The maximum Gasteiger partial charge on any atom is 0.323 e. The van der Waals surface area contributed by atoms with Gasteiger partial charge in [-0.05, 0) is 61.2 Å². The number of ketones is 1. The fourth-order valence-electron chi connectivity index (χ4n) is 4.37. The van der Waals surface area contributed by atoms with Gasteiger partial charge in [0.25, 0.3) is 0 Å². The standard InChI is InChI=1S/C26H24ClN3O4/c1-2-26(14-23(31)32)11-10-16-12-17(6-8-21(16)24(26)33)22-9-7-20(15-28-22)30-25(34)29-19-5-3-4-18(27)13-19/h3-9,12-13,15H,2,10-11,14H2,1H3,(H,31,32)(H2,29,30,34)/t26-/m0/s1. The molecule has 0 saturated heterocycles. The van der Waals surface area contributed by atoms with Crippen LogP contribution in [0.5, 0.6) is 0 Å². The first-order valence-electron chi connectivity index (χ1n) is 11.0. The lowest BCUT2D eigenvalue weighted by molar-refractivity contribution is -0.139. The number of aromatic nitrogens is 1. The largest absolute Gasteiger partial charge is 0.481 e. The Morgan fingerprint density at radius 3 is 2.56 bits per heavy atom. The van der Waals surface area contributed by atoms with Gasteiger partial charge in [-0.2, -0.15) is 0 Å². The van der Waals surface area contributed by atoms with Crippen LogP contribution < -0.4 is 10.6 Å². The van der Waals surface area contributed by atoms with Gasteiger partial charge in [0.05, 0.1) is 24.0 Å². The molecule has 1 aliphatic carbocycles. The van der Waals surface area contributed by atoms with Gasteiger partial charge in [0.2, 0.25) is 0 Å². The minimum Gasteiger partial charge on any atom is -0.481 e. The van der Waals surface area contributed by atoms with Gasteiger partial charge in [0.15, 0.2) is 5.78 Å². The highest BCUT2D eigenvalue weighted by Gasteiger charge is 2.42. The fraction of sp³-hybridized carbons (Fsp3) is 0.231. The number of fused-ring (bicyclic) bond motifs is 1. The Morgan fingerprint density at radius 2 is 1.88 bits per heavy atom. The maximum atomic E-state index is 13.1. The van der Waals surface area contributed by atoms with Crippen LogP contribution in [-0.2, 0) is 11.2 Å². The number of amides is 2. The van der Waals surface area contributed by atoms with Crippen molar-refractivity contribution in [1.82, 2.24) is 4.98 Å². The van der Waals surface area contributed by atoms with Crippen LogP contribution in [0.25, 0.3) is 11.3 Å². The van der Waals surface area contributed by atoms with Crippen molar-refractivity contribution in [3.8, 4) is 11.3 Å². The molecule has 34 heavy (non-hydrogen) atoms. The Balaban J connectivity index is 1.47. The highest BCUT2D eigenvalue weighted by Crippen LogP contribution is 2.42. The number of halogens is 1. The van der Waals surface area contributed by atoms with Crippen molar-refractivity contribution in [2.75, 3.05) is 10.6 Å². The van der Waals surface area contributed by atoms with Crippen LogP contribution in [0.15, 0.2) is 60.8 Å². The van der Waals surface area contributed by atoms with Crippen LogP contribution in [0.1, 0.15) is 42.1 Å². The molecule has 7 nitrogen and oxygen atoms in total. The normalized spacial score (nSPS) is 17.1. The highest BCUT2D eigenvalue weighted by molar-refractivity contribution is 6.30. The van der Waals surface area contributed by atoms with Crippen molar-refractivity contribution in [2.24, 2.45) is 5.41 Å². The molecule has 2 amide bonds. The van der Waals surface area contributed by atoms with E-state index in [9.17, 15) is 19.5 Å². The number of carboxylic acids is 1. The van der Waals surface area contributed by atoms with E-state index in [2.05, 4.69) is 15.6 Å². The molecule has 3 N–H and O–H groups in total. The smallest absolute Gasteiger partial charge is 0.323 e. The lowest BCUT2D eigenvalue weighted by Crippen LogP contribution is -2.37. The molecule has 2 aromatic carbocycles. The number of aryl methyl sites for hydroxylation is 1. The zero-order valence-corrected chi connectivity index (χ0v) is 19.4. The molecule has 1 aliphatic rings. The zero-order valence-electron chi connectivity index (χ0n) is 18.6. The van der Waals surface area contributed by atoms with Gasteiger partial charge in [-0.1, -0.05) is 36.7 Å². The van der Waals surface area contributed by atoms with Crippen LogP contribution in [0.4, 0.5) is 16.2 Å². The molecule has 0 spiro atoms. The Bertz CT molecular complexity index is 1260. The van der Waals surface area contributed by atoms with E-state index >= 15 is 0 Å². The second-order valence-electron chi connectivity index (χ2n) is 8.43. The van der Waals surface area contributed by atoms with Gasteiger partial charge in [-0.3, -0.25) is 14.6 Å². The van der Waals surface area contributed by atoms with Crippen molar-refractivity contribution in [3.05, 3.63) is 76.9 Å². The number of aliphatic carboxylic acids is 1. The molecule has 0 saturated carbocycles. The summed E-state index contributed by atoms with van der Waals surface area (Å²) in [6.07, 6.45) is 3.07. The van der Waals surface area contributed by atoms with Crippen molar-refractivity contribution in [1.29, 1.82) is 0 Å². The van der Waals surface area contributed by atoms with Gasteiger partial charge >= 0.3 is 12.0 Å². The number of hydrogen-bond donors (Lipinski definition) is 3. The second kappa shape index (κ2) is 9.65. The molecule has 174 valence electrons.